The van der Waals surface area contributed by atoms with Gasteiger partial charge < -0.3 is 14.3 Å². The predicted molar refractivity (Wildman–Crippen MR) is 73.5 cm³/mol. The summed E-state index contributed by atoms with van der Waals surface area (Å²) in [5.74, 6) is 0.352. The number of nitrogens with one attached hydrogen (secondary N) is 1. The predicted octanol–water partition coefficient (Wildman–Crippen LogP) is 1.56. The van der Waals surface area contributed by atoms with Crippen molar-refractivity contribution < 1.29 is 13.7 Å². The highest BCUT2D eigenvalue weighted by Gasteiger charge is 2.23. The number of aromatic nitrogens is 2. The van der Waals surface area contributed by atoms with Gasteiger partial charge in [-0.3, -0.25) is 5.32 Å². The van der Waals surface area contributed by atoms with Crippen LogP contribution < -0.4 is 10.2 Å². The van der Waals surface area contributed by atoms with Crippen molar-refractivity contribution in [2.45, 2.75) is 0 Å². The van der Waals surface area contributed by atoms with Crippen LogP contribution in [0.1, 0.15) is 0 Å². The first kappa shape index (κ1) is 13.3. The lowest BCUT2D eigenvalue weighted by molar-refractivity contribution is 0.207. The summed E-state index contributed by atoms with van der Waals surface area (Å²) in [5.41, 5.74) is 0. The molecule has 3 heterocycles. The molecule has 1 aliphatic rings. The summed E-state index contributed by atoms with van der Waals surface area (Å²) in [7, 11) is 0. The number of pyridine rings is 1. The molecular weight excluding hydrogens is 277 g/mol. The number of urea groups is 1. The van der Waals surface area contributed by atoms with E-state index in [9.17, 15) is 9.18 Å². The topological polar surface area (TPSA) is 74.5 Å². The van der Waals surface area contributed by atoms with Crippen LogP contribution in [0, 0.1) is 5.82 Å². The molecule has 110 valence electrons. The average molecular weight is 291 g/mol. The van der Waals surface area contributed by atoms with Crippen LogP contribution in [0.2, 0.25) is 0 Å². The molecule has 1 saturated heterocycles. The number of halogens is 1. The number of hydrogen-bond acceptors (Lipinski definition) is 5. The van der Waals surface area contributed by atoms with Gasteiger partial charge in [0, 0.05) is 38.4 Å². The molecule has 2 amide bonds. The molecule has 3 rings (SSSR count). The maximum Gasteiger partial charge on any atom is 0.323 e. The average Bonchev–Trinajstić information content (AvgIpc) is 3.01. The van der Waals surface area contributed by atoms with Crippen molar-refractivity contribution in [1.29, 1.82) is 0 Å². The first-order valence-corrected chi connectivity index (χ1v) is 6.56. The molecule has 0 aromatic carbocycles. The summed E-state index contributed by atoms with van der Waals surface area (Å²) in [6, 6.07) is 4.26. The molecule has 8 heteroatoms. The van der Waals surface area contributed by atoms with Gasteiger partial charge in [0.2, 0.25) is 0 Å². The van der Waals surface area contributed by atoms with Gasteiger partial charge in [0.1, 0.15) is 6.26 Å². The Balaban J connectivity index is 1.58. The number of carbonyl (C=O) groups excluding carboxylic acids is 1. The number of amides is 2. The molecule has 1 aliphatic heterocycles. The van der Waals surface area contributed by atoms with E-state index >= 15 is 0 Å². The Bertz CT molecular complexity index is 611. The zero-order valence-corrected chi connectivity index (χ0v) is 11.2. The lowest BCUT2D eigenvalue weighted by Crippen LogP contribution is -2.50. The summed E-state index contributed by atoms with van der Waals surface area (Å²) in [4.78, 5) is 19.5. The monoisotopic (exact) mass is 291 g/mol. The molecule has 21 heavy (non-hydrogen) atoms. The van der Waals surface area contributed by atoms with E-state index in [0.29, 0.717) is 37.8 Å². The van der Waals surface area contributed by atoms with Gasteiger partial charge in [0.05, 0.1) is 0 Å². The maximum atomic E-state index is 13.7. The van der Waals surface area contributed by atoms with Crippen LogP contribution in [0.4, 0.5) is 20.8 Å². The second kappa shape index (κ2) is 5.78. The van der Waals surface area contributed by atoms with Crippen molar-refractivity contribution in [3.05, 3.63) is 36.5 Å². The van der Waals surface area contributed by atoms with Gasteiger partial charge in [-0.1, -0.05) is 5.16 Å². The van der Waals surface area contributed by atoms with Crippen molar-refractivity contribution in [2.75, 3.05) is 36.4 Å². The first-order valence-electron chi connectivity index (χ1n) is 6.56. The summed E-state index contributed by atoms with van der Waals surface area (Å²) >= 11 is 0. The minimum atomic E-state index is -0.349. The van der Waals surface area contributed by atoms with Gasteiger partial charge in [0.15, 0.2) is 17.5 Å². The molecule has 0 spiro atoms. The molecular formula is C13H14FN5O2. The molecule has 0 radical (unpaired) electrons. The Hall–Kier alpha value is -2.64. The quantitative estimate of drug-likeness (QED) is 0.909. The summed E-state index contributed by atoms with van der Waals surface area (Å²) in [6.07, 6.45) is 2.94. The Kier molecular flexibility index (Phi) is 3.67. The fourth-order valence-electron chi connectivity index (χ4n) is 2.20. The summed E-state index contributed by atoms with van der Waals surface area (Å²) in [5, 5.41) is 6.25. The van der Waals surface area contributed by atoms with Crippen LogP contribution in [0.15, 0.2) is 35.2 Å². The molecule has 2 aromatic heterocycles. The second-order valence-electron chi connectivity index (χ2n) is 4.60. The normalized spacial score (nSPS) is 15.1. The summed E-state index contributed by atoms with van der Waals surface area (Å²) < 4.78 is 18.3. The molecule has 0 aliphatic carbocycles. The fourth-order valence-corrected chi connectivity index (χ4v) is 2.20. The highest BCUT2D eigenvalue weighted by molar-refractivity contribution is 5.88. The molecule has 2 aromatic rings. The third-order valence-corrected chi connectivity index (χ3v) is 3.28. The number of rotatable bonds is 2. The van der Waals surface area contributed by atoms with Crippen molar-refractivity contribution in [2.24, 2.45) is 0 Å². The standard InChI is InChI=1S/C13H14FN5O2/c14-10-2-1-4-15-12(10)18-5-7-19(8-6-18)13(20)16-11-3-9-21-17-11/h1-4,9H,5-8H2,(H,16,17,20). The van der Waals surface area contributed by atoms with E-state index in [1.54, 1.807) is 23.2 Å². The number of piperazine rings is 1. The molecule has 0 saturated carbocycles. The fraction of sp³-hybridized carbons (Fsp3) is 0.308. The van der Waals surface area contributed by atoms with E-state index in [4.69, 9.17) is 0 Å². The van der Waals surface area contributed by atoms with Crippen LogP contribution in [-0.2, 0) is 0 Å². The second-order valence-corrected chi connectivity index (χ2v) is 4.60. The van der Waals surface area contributed by atoms with Crippen molar-refractivity contribution in [3.63, 3.8) is 0 Å². The van der Waals surface area contributed by atoms with E-state index in [-0.39, 0.29) is 11.8 Å². The Labute approximate surface area is 120 Å². The van der Waals surface area contributed by atoms with E-state index in [1.807, 2.05) is 4.90 Å². The molecule has 7 nitrogen and oxygen atoms in total. The molecule has 0 unspecified atom stereocenters. The third-order valence-electron chi connectivity index (χ3n) is 3.28. The van der Waals surface area contributed by atoms with Crippen LogP contribution in [0.25, 0.3) is 0 Å². The van der Waals surface area contributed by atoms with E-state index in [2.05, 4.69) is 20.0 Å². The van der Waals surface area contributed by atoms with Gasteiger partial charge in [-0.25, -0.2) is 14.2 Å². The van der Waals surface area contributed by atoms with E-state index in [0.717, 1.165) is 0 Å². The van der Waals surface area contributed by atoms with Crippen molar-refractivity contribution >= 4 is 17.7 Å². The van der Waals surface area contributed by atoms with Gasteiger partial charge in [0.25, 0.3) is 0 Å². The first-order chi connectivity index (χ1) is 10.2. The molecule has 0 atom stereocenters. The number of nitrogens with zero attached hydrogens (tertiary/aromatic N) is 4. The number of anilines is 2. The smallest absolute Gasteiger partial charge is 0.323 e. The SMILES string of the molecule is O=C(Nc1ccon1)N1CCN(c2ncccc2F)CC1. The van der Waals surface area contributed by atoms with E-state index in [1.165, 1.54) is 12.3 Å². The van der Waals surface area contributed by atoms with Crippen LogP contribution in [-0.4, -0.2) is 47.3 Å². The largest absolute Gasteiger partial charge is 0.363 e. The minimum absolute atomic E-state index is 0.245. The van der Waals surface area contributed by atoms with Crippen LogP contribution in [0.5, 0.6) is 0 Å². The van der Waals surface area contributed by atoms with Crippen LogP contribution >= 0.6 is 0 Å². The zero-order valence-electron chi connectivity index (χ0n) is 11.2. The summed E-state index contributed by atoms with van der Waals surface area (Å²) in [6.45, 7) is 2.03. The number of carbonyl (C=O) groups is 1. The Morgan fingerprint density at radius 2 is 2.10 bits per heavy atom. The maximum absolute atomic E-state index is 13.7. The van der Waals surface area contributed by atoms with Gasteiger partial charge >= 0.3 is 6.03 Å². The number of hydrogen-bond donors (Lipinski definition) is 1. The Morgan fingerprint density at radius 3 is 2.76 bits per heavy atom. The van der Waals surface area contributed by atoms with Gasteiger partial charge in [-0.05, 0) is 12.1 Å². The lowest BCUT2D eigenvalue weighted by Gasteiger charge is -2.35. The zero-order chi connectivity index (χ0) is 14.7. The highest BCUT2D eigenvalue weighted by atomic mass is 19.1. The van der Waals surface area contributed by atoms with Gasteiger partial charge in [-0.2, -0.15) is 0 Å². The molecule has 0 bridgehead atoms. The van der Waals surface area contributed by atoms with Crippen molar-refractivity contribution in [3.8, 4) is 0 Å². The highest BCUT2D eigenvalue weighted by Crippen LogP contribution is 2.17. The van der Waals surface area contributed by atoms with Crippen molar-refractivity contribution in [1.82, 2.24) is 15.0 Å². The van der Waals surface area contributed by atoms with E-state index < -0.39 is 0 Å². The lowest BCUT2D eigenvalue weighted by atomic mass is 10.3. The molecule has 1 N–H and O–H groups in total. The third kappa shape index (κ3) is 2.93. The van der Waals surface area contributed by atoms with Crippen LogP contribution in [0.3, 0.4) is 0 Å². The minimum Gasteiger partial charge on any atom is -0.363 e. The Morgan fingerprint density at radius 1 is 1.29 bits per heavy atom. The molecule has 1 fully saturated rings. The van der Waals surface area contributed by atoms with Gasteiger partial charge in [-0.15, -0.1) is 0 Å².